The second kappa shape index (κ2) is 36.2. The first-order valence-electron chi connectivity index (χ1n) is 19.8. The predicted molar refractivity (Wildman–Crippen MR) is 212 cm³/mol. The van der Waals surface area contributed by atoms with Crippen LogP contribution in [-0.2, 0) is 37.5 Å². The number of unbranched alkanes of at least 4 members (excludes halogenated alkanes) is 12. The standard InChI is InChI=1S/C41H70NO10P/c1-3-5-7-9-11-13-15-17-18-19-20-21-23-25-27-29-31-33-40(44)52-37(35-50-53(47,48)51-36-38(42)41(45)46)34-49-39(43)32-30-28-26-24-22-16-14-12-10-8-6-4-2/h5,7,11-14,17-18,20-21,37-38H,3-4,6,8-10,15-16,19,22-36,42H2,1-2H3,(H,45,46)(H,47,48)/b7-5-,13-11-,14-12-,18-17-,21-20-. The predicted octanol–water partition coefficient (Wildman–Crippen LogP) is 10.00. The summed E-state index contributed by atoms with van der Waals surface area (Å²) in [7, 11) is -4.72. The minimum atomic E-state index is -4.72. The highest BCUT2D eigenvalue weighted by molar-refractivity contribution is 7.47. The van der Waals surface area contributed by atoms with Crippen LogP contribution in [0.3, 0.4) is 0 Å². The van der Waals surface area contributed by atoms with E-state index >= 15 is 0 Å². The van der Waals surface area contributed by atoms with Gasteiger partial charge in [-0.3, -0.25) is 23.4 Å². The number of phosphoric acid groups is 1. The van der Waals surface area contributed by atoms with E-state index in [-0.39, 0.29) is 19.4 Å². The number of nitrogens with two attached hydrogens (primary N) is 1. The first kappa shape index (κ1) is 50.2. The lowest BCUT2D eigenvalue weighted by Gasteiger charge is -2.20. The molecule has 0 heterocycles. The molecule has 0 aliphatic rings. The molecule has 12 heteroatoms. The number of ether oxygens (including phenoxy) is 2. The summed E-state index contributed by atoms with van der Waals surface area (Å²) in [6.07, 6.45) is 40.0. The molecule has 11 nitrogen and oxygen atoms in total. The molecule has 0 saturated heterocycles. The fourth-order valence-electron chi connectivity index (χ4n) is 4.87. The molecular formula is C41H70NO10P. The Hall–Kier alpha value is -2.82. The number of rotatable bonds is 36. The highest BCUT2D eigenvalue weighted by atomic mass is 31.2. The molecule has 0 aromatic rings. The second-order valence-corrected chi connectivity index (χ2v) is 14.5. The van der Waals surface area contributed by atoms with Crippen LogP contribution in [0.5, 0.6) is 0 Å². The zero-order valence-corrected chi connectivity index (χ0v) is 33.5. The Balaban J connectivity index is 4.49. The van der Waals surface area contributed by atoms with Gasteiger partial charge >= 0.3 is 25.7 Å². The summed E-state index contributed by atoms with van der Waals surface area (Å²) in [6.45, 7) is 2.60. The van der Waals surface area contributed by atoms with Crippen LogP contribution in [0, 0.1) is 0 Å². The number of hydrogen-bond donors (Lipinski definition) is 3. The van der Waals surface area contributed by atoms with Crippen LogP contribution in [-0.4, -0.2) is 59.9 Å². The molecule has 4 N–H and O–H groups in total. The van der Waals surface area contributed by atoms with Crippen molar-refractivity contribution in [3.05, 3.63) is 60.8 Å². The van der Waals surface area contributed by atoms with Crippen LogP contribution >= 0.6 is 7.82 Å². The Labute approximate surface area is 319 Å². The Morgan fingerprint density at radius 2 is 1.06 bits per heavy atom. The summed E-state index contributed by atoms with van der Waals surface area (Å²) in [5, 5.41) is 8.87. The van der Waals surface area contributed by atoms with Crippen LogP contribution < -0.4 is 5.73 Å². The Morgan fingerprint density at radius 3 is 1.60 bits per heavy atom. The van der Waals surface area contributed by atoms with Gasteiger partial charge in [-0.1, -0.05) is 120 Å². The molecule has 0 amide bonds. The maximum Gasteiger partial charge on any atom is 0.472 e. The first-order chi connectivity index (χ1) is 25.6. The molecule has 0 bridgehead atoms. The molecule has 0 radical (unpaired) electrons. The van der Waals surface area contributed by atoms with Crippen molar-refractivity contribution in [2.75, 3.05) is 19.8 Å². The van der Waals surface area contributed by atoms with Crippen molar-refractivity contribution in [1.82, 2.24) is 0 Å². The molecule has 0 aromatic carbocycles. The van der Waals surface area contributed by atoms with Gasteiger partial charge in [0.2, 0.25) is 0 Å². The van der Waals surface area contributed by atoms with Crippen molar-refractivity contribution < 1.29 is 47.5 Å². The van der Waals surface area contributed by atoms with Crippen molar-refractivity contribution in [3.8, 4) is 0 Å². The van der Waals surface area contributed by atoms with Crippen molar-refractivity contribution in [1.29, 1.82) is 0 Å². The van der Waals surface area contributed by atoms with Crippen molar-refractivity contribution in [2.24, 2.45) is 5.73 Å². The van der Waals surface area contributed by atoms with Gasteiger partial charge in [-0.25, -0.2) is 4.57 Å². The summed E-state index contributed by atoms with van der Waals surface area (Å²) >= 11 is 0. The van der Waals surface area contributed by atoms with Gasteiger partial charge in [0, 0.05) is 12.8 Å². The molecule has 0 spiro atoms. The summed E-state index contributed by atoms with van der Waals surface area (Å²) < 4.78 is 32.6. The maximum absolute atomic E-state index is 12.6. The number of esters is 2. The number of carboxylic acids is 1. The number of carbonyl (C=O) groups excluding carboxylic acids is 2. The topological polar surface area (TPSA) is 172 Å². The number of carbonyl (C=O) groups is 3. The zero-order valence-electron chi connectivity index (χ0n) is 32.6. The average molecular weight is 768 g/mol. The maximum atomic E-state index is 12.6. The molecule has 0 aliphatic heterocycles. The fourth-order valence-corrected chi connectivity index (χ4v) is 5.65. The smallest absolute Gasteiger partial charge is 0.472 e. The lowest BCUT2D eigenvalue weighted by atomic mass is 10.1. The van der Waals surface area contributed by atoms with Gasteiger partial charge in [-0.05, 0) is 77.0 Å². The van der Waals surface area contributed by atoms with E-state index in [1.807, 2.05) is 0 Å². The number of carboxylic acid groups (broad SMARTS) is 1. The van der Waals surface area contributed by atoms with Crippen molar-refractivity contribution in [2.45, 2.75) is 161 Å². The number of phosphoric ester groups is 1. The summed E-state index contributed by atoms with van der Waals surface area (Å²) in [6, 6.07) is -1.53. The molecule has 53 heavy (non-hydrogen) atoms. The third-order valence-electron chi connectivity index (χ3n) is 8.00. The van der Waals surface area contributed by atoms with Gasteiger partial charge in [-0.2, -0.15) is 0 Å². The Bertz CT molecular complexity index is 1130. The normalized spacial score (nSPS) is 14.5. The van der Waals surface area contributed by atoms with E-state index in [0.717, 1.165) is 89.9 Å². The SMILES string of the molecule is CC/C=C\C/C=C\C/C=C\C/C=C\CCCCCCC(=O)OC(COC(=O)CCCCCCC/C=C\CCCCC)COP(=O)(O)OCC(N)C(=O)O. The molecule has 0 saturated carbocycles. The minimum Gasteiger partial charge on any atom is -0.480 e. The van der Waals surface area contributed by atoms with E-state index in [9.17, 15) is 23.8 Å². The van der Waals surface area contributed by atoms with Gasteiger partial charge in [0.25, 0.3) is 0 Å². The minimum absolute atomic E-state index is 0.129. The summed E-state index contributed by atoms with van der Waals surface area (Å²) in [5.41, 5.74) is 5.32. The quantitative estimate of drug-likeness (QED) is 0.0240. The second-order valence-electron chi connectivity index (χ2n) is 13.0. The lowest BCUT2D eigenvalue weighted by molar-refractivity contribution is -0.161. The van der Waals surface area contributed by atoms with E-state index < -0.39 is 51.1 Å². The average Bonchev–Trinajstić information content (AvgIpc) is 3.13. The molecule has 3 unspecified atom stereocenters. The molecule has 304 valence electrons. The summed E-state index contributed by atoms with van der Waals surface area (Å²) in [5.74, 6) is -2.43. The highest BCUT2D eigenvalue weighted by Gasteiger charge is 2.28. The van der Waals surface area contributed by atoms with E-state index in [1.54, 1.807) is 0 Å². The van der Waals surface area contributed by atoms with Gasteiger partial charge in [0.05, 0.1) is 13.2 Å². The van der Waals surface area contributed by atoms with Gasteiger partial charge in [0.15, 0.2) is 6.10 Å². The van der Waals surface area contributed by atoms with E-state index in [2.05, 4.69) is 79.1 Å². The van der Waals surface area contributed by atoms with E-state index in [0.29, 0.717) is 12.8 Å². The third kappa shape index (κ3) is 36.0. The highest BCUT2D eigenvalue weighted by Crippen LogP contribution is 2.43. The summed E-state index contributed by atoms with van der Waals surface area (Å²) in [4.78, 5) is 45.8. The van der Waals surface area contributed by atoms with Crippen LogP contribution in [0.1, 0.15) is 149 Å². The first-order valence-corrected chi connectivity index (χ1v) is 21.3. The molecule has 0 aliphatic carbocycles. The van der Waals surface area contributed by atoms with E-state index in [1.165, 1.54) is 19.3 Å². The molecular weight excluding hydrogens is 697 g/mol. The van der Waals surface area contributed by atoms with Crippen LogP contribution in [0.25, 0.3) is 0 Å². The van der Waals surface area contributed by atoms with Crippen LogP contribution in [0.4, 0.5) is 0 Å². The number of hydrogen-bond acceptors (Lipinski definition) is 9. The lowest BCUT2D eigenvalue weighted by Crippen LogP contribution is -2.34. The molecule has 0 fully saturated rings. The number of aliphatic carboxylic acids is 1. The Morgan fingerprint density at radius 1 is 0.604 bits per heavy atom. The van der Waals surface area contributed by atoms with Crippen LogP contribution in [0.2, 0.25) is 0 Å². The Kier molecular flexibility index (Phi) is 34.2. The number of allylic oxidation sites excluding steroid dienone is 10. The molecule has 0 rings (SSSR count). The van der Waals surface area contributed by atoms with E-state index in [4.69, 9.17) is 24.8 Å². The van der Waals surface area contributed by atoms with Gasteiger partial charge in [-0.15, -0.1) is 0 Å². The largest absolute Gasteiger partial charge is 0.480 e. The van der Waals surface area contributed by atoms with Crippen molar-refractivity contribution in [3.63, 3.8) is 0 Å². The third-order valence-corrected chi connectivity index (χ3v) is 8.95. The monoisotopic (exact) mass is 767 g/mol. The molecule has 3 atom stereocenters. The fraction of sp³-hybridized carbons (Fsp3) is 0.683. The molecule has 0 aromatic heterocycles. The van der Waals surface area contributed by atoms with Gasteiger partial charge in [0.1, 0.15) is 12.6 Å². The van der Waals surface area contributed by atoms with Crippen molar-refractivity contribution >= 4 is 25.7 Å². The zero-order chi connectivity index (χ0) is 39.3. The van der Waals surface area contributed by atoms with Gasteiger partial charge < -0.3 is 25.2 Å². The van der Waals surface area contributed by atoms with Crippen LogP contribution in [0.15, 0.2) is 60.8 Å².